The molecule has 4 nitrogen and oxygen atoms in total. The molecule has 0 bridgehead atoms. The van der Waals surface area contributed by atoms with Gasteiger partial charge in [-0.05, 0) is 18.6 Å². The summed E-state index contributed by atoms with van der Waals surface area (Å²) in [5, 5.41) is 3.75. The first-order valence-corrected chi connectivity index (χ1v) is 5.62. The van der Waals surface area contributed by atoms with Crippen LogP contribution in [0.4, 0.5) is 5.69 Å². The third kappa shape index (κ3) is 2.60. The minimum Gasteiger partial charge on any atom is -0.323 e. The van der Waals surface area contributed by atoms with Crippen molar-refractivity contribution in [3.63, 3.8) is 0 Å². The number of carbonyl (C=O) groups is 1. The molecule has 1 heterocycles. The Morgan fingerprint density at radius 3 is 3.00 bits per heavy atom. The zero-order chi connectivity index (χ0) is 12.3. The van der Waals surface area contributed by atoms with Crippen molar-refractivity contribution in [2.24, 2.45) is 5.73 Å². The molecule has 0 radical (unpaired) electrons. The molecule has 4 heteroatoms. The van der Waals surface area contributed by atoms with Crippen LogP contribution in [0.5, 0.6) is 0 Å². The molecule has 0 saturated heterocycles. The summed E-state index contributed by atoms with van der Waals surface area (Å²) in [5.74, 6) is -0.176. The molecule has 1 atom stereocenters. The number of para-hydroxylation sites is 1. The first-order valence-electron chi connectivity index (χ1n) is 5.62. The second-order valence-electron chi connectivity index (χ2n) is 3.92. The molecule has 0 unspecified atom stereocenters. The van der Waals surface area contributed by atoms with E-state index in [2.05, 4.69) is 10.3 Å². The van der Waals surface area contributed by atoms with Gasteiger partial charge in [0.25, 0.3) is 0 Å². The van der Waals surface area contributed by atoms with Gasteiger partial charge < -0.3 is 11.1 Å². The number of aromatic nitrogens is 1. The quantitative estimate of drug-likeness (QED) is 0.844. The number of amides is 1. The van der Waals surface area contributed by atoms with Crippen molar-refractivity contribution in [3.8, 4) is 0 Å². The Labute approximate surface area is 99.8 Å². The molecule has 3 N–H and O–H groups in total. The lowest BCUT2D eigenvalue weighted by Crippen LogP contribution is -2.34. The van der Waals surface area contributed by atoms with E-state index in [0.717, 1.165) is 10.9 Å². The van der Waals surface area contributed by atoms with Gasteiger partial charge >= 0.3 is 0 Å². The Bertz CT molecular complexity index is 539. The molecule has 0 aliphatic heterocycles. The van der Waals surface area contributed by atoms with Crippen molar-refractivity contribution in [3.05, 3.63) is 36.5 Å². The molecule has 0 aliphatic rings. The first-order chi connectivity index (χ1) is 8.20. The molecule has 0 spiro atoms. The maximum atomic E-state index is 11.6. The van der Waals surface area contributed by atoms with E-state index in [1.54, 1.807) is 6.20 Å². The average molecular weight is 229 g/mol. The molecule has 1 amide bonds. The second kappa shape index (κ2) is 4.93. The van der Waals surface area contributed by atoms with Gasteiger partial charge in [-0.15, -0.1) is 0 Å². The van der Waals surface area contributed by atoms with E-state index < -0.39 is 6.04 Å². The van der Waals surface area contributed by atoms with Crippen LogP contribution in [-0.2, 0) is 4.79 Å². The second-order valence-corrected chi connectivity index (χ2v) is 3.92. The molecule has 17 heavy (non-hydrogen) atoms. The van der Waals surface area contributed by atoms with E-state index in [-0.39, 0.29) is 5.91 Å². The predicted octanol–water partition coefficient (Wildman–Crippen LogP) is 1.91. The number of hydrogen-bond donors (Lipinski definition) is 2. The SMILES string of the molecule is CC[C@H](N)C(=O)Nc1cnc2ccccc2c1. The van der Waals surface area contributed by atoms with E-state index in [0.29, 0.717) is 12.1 Å². The third-order valence-corrected chi connectivity index (χ3v) is 2.63. The summed E-state index contributed by atoms with van der Waals surface area (Å²) >= 11 is 0. The fourth-order valence-electron chi connectivity index (χ4n) is 1.56. The fraction of sp³-hybridized carbons (Fsp3) is 0.231. The molecule has 0 saturated carbocycles. The Kier molecular flexibility index (Phi) is 3.35. The summed E-state index contributed by atoms with van der Waals surface area (Å²) in [5.41, 5.74) is 7.23. The van der Waals surface area contributed by atoms with E-state index in [1.165, 1.54) is 0 Å². The van der Waals surface area contributed by atoms with Gasteiger partial charge in [-0.3, -0.25) is 9.78 Å². The number of rotatable bonds is 3. The normalized spacial score (nSPS) is 12.4. The number of nitrogens with zero attached hydrogens (tertiary/aromatic N) is 1. The van der Waals surface area contributed by atoms with Crippen LogP contribution in [0.1, 0.15) is 13.3 Å². The summed E-state index contributed by atoms with van der Waals surface area (Å²) in [4.78, 5) is 15.9. The van der Waals surface area contributed by atoms with Crippen LogP contribution in [-0.4, -0.2) is 16.9 Å². The summed E-state index contributed by atoms with van der Waals surface area (Å²) < 4.78 is 0. The predicted molar refractivity (Wildman–Crippen MR) is 68.6 cm³/mol. The van der Waals surface area contributed by atoms with Crippen LogP contribution in [0.2, 0.25) is 0 Å². The lowest BCUT2D eigenvalue weighted by Gasteiger charge is -2.10. The van der Waals surface area contributed by atoms with Gasteiger partial charge in [0.2, 0.25) is 5.91 Å². The molecular weight excluding hydrogens is 214 g/mol. The van der Waals surface area contributed by atoms with Crippen LogP contribution in [0, 0.1) is 0 Å². The van der Waals surface area contributed by atoms with Crippen molar-refractivity contribution < 1.29 is 4.79 Å². The third-order valence-electron chi connectivity index (χ3n) is 2.63. The number of nitrogens with two attached hydrogens (primary N) is 1. The van der Waals surface area contributed by atoms with Gasteiger partial charge in [-0.1, -0.05) is 25.1 Å². The van der Waals surface area contributed by atoms with Crippen molar-refractivity contribution in [2.45, 2.75) is 19.4 Å². The number of benzene rings is 1. The molecular formula is C13H15N3O. The van der Waals surface area contributed by atoms with Crippen LogP contribution in [0.15, 0.2) is 36.5 Å². The highest BCUT2D eigenvalue weighted by Gasteiger charge is 2.11. The Morgan fingerprint density at radius 1 is 1.47 bits per heavy atom. The van der Waals surface area contributed by atoms with Gasteiger partial charge in [-0.25, -0.2) is 0 Å². The largest absolute Gasteiger partial charge is 0.323 e. The average Bonchev–Trinajstić information content (AvgIpc) is 2.37. The summed E-state index contributed by atoms with van der Waals surface area (Å²) in [6, 6.07) is 9.18. The molecule has 1 aromatic carbocycles. The van der Waals surface area contributed by atoms with Gasteiger partial charge in [0.15, 0.2) is 0 Å². The first kappa shape index (κ1) is 11.5. The van der Waals surface area contributed by atoms with Gasteiger partial charge in [0, 0.05) is 5.39 Å². The maximum Gasteiger partial charge on any atom is 0.241 e. The number of pyridine rings is 1. The highest BCUT2D eigenvalue weighted by atomic mass is 16.2. The van der Waals surface area contributed by atoms with Crippen molar-refractivity contribution in [2.75, 3.05) is 5.32 Å². The van der Waals surface area contributed by atoms with Crippen molar-refractivity contribution >= 4 is 22.5 Å². The van der Waals surface area contributed by atoms with Gasteiger partial charge in [0.1, 0.15) is 0 Å². The summed E-state index contributed by atoms with van der Waals surface area (Å²) in [6.07, 6.45) is 2.26. The van der Waals surface area contributed by atoms with Crippen LogP contribution >= 0.6 is 0 Å². The molecule has 1 aromatic heterocycles. The fourth-order valence-corrected chi connectivity index (χ4v) is 1.56. The molecule has 2 aromatic rings. The lowest BCUT2D eigenvalue weighted by molar-refractivity contribution is -0.117. The monoisotopic (exact) mass is 229 g/mol. The van der Waals surface area contributed by atoms with Crippen LogP contribution in [0.3, 0.4) is 0 Å². The zero-order valence-electron chi connectivity index (χ0n) is 9.68. The van der Waals surface area contributed by atoms with Gasteiger partial charge in [-0.2, -0.15) is 0 Å². The minimum absolute atomic E-state index is 0.176. The van der Waals surface area contributed by atoms with Gasteiger partial charge in [0.05, 0.1) is 23.4 Å². The van der Waals surface area contributed by atoms with E-state index in [4.69, 9.17) is 5.73 Å². The molecule has 0 aliphatic carbocycles. The lowest BCUT2D eigenvalue weighted by atomic mass is 10.2. The highest BCUT2D eigenvalue weighted by Crippen LogP contribution is 2.16. The standard InChI is InChI=1S/C13H15N3O/c1-2-11(14)13(17)16-10-7-9-5-3-4-6-12(9)15-8-10/h3-8,11H,2,14H2,1H3,(H,16,17)/t11-/m0/s1. The topological polar surface area (TPSA) is 68.0 Å². The van der Waals surface area contributed by atoms with Crippen LogP contribution < -0.4 is 11.1 Å². The Morgan fingerprint density at radius 2 is 2.24 bits per heavy atom. The summed E-state index contributed by atoms with van der Waals surface area (Å²) in [6.45, 7) is 1.88. The smallest absolute Gasteiger partial charge is 0.241 e. The highest BCUT2D eigenvalue weighted by molar-refractivity contribution is 5.96. The molecule has 2 rings (SSSR count). The number of hydrogen-bond acceptors (Lipinski definition) is 3. The number of fused-ring (bicyclic) bond motifs is 1. The zero-order valence-corrected chi connectivity index (χ0v) is 9.68. The molecule has 88 valence electrons. The number of carbonyl (C=O) groups excluding carboxylic acids is 1. The minimum atomic E-state index is -0.471. The number of anilines is 1. The Balaban J connectivity index is 2.22. The van der Waals surface area contributed by atoms with Crippen molar-refractivity contribution in [1.82, 2.24) is 4.98 Å². The van der Waals surface area contributed by atoms with E-state index in [9.17, 15) is 4.79 Å². The van der Waals surface area contributed by atoms with Crippen molar-refractivity contribution in [1.29, 1.82) is 0 Å². The molecule has 0 fully saturated rings. The van der Waals surface area contributed by atoms with Crippen LogP contribution in [0.25, 0.3) is 10.9 Å². The summed E-state index contributed by atoms with van der Waals surface area (Å²) in [7, 11) is 0. The Hall–Kier alpha value is -1.94. The maximum absolute atomic E-state index is 11.6. The number of nitrogens with one attached hydrogen (secondary N) is 1. The van der Waals surface area contributed by atoms with E-state index >= 15 is 0 Å². The van der Waals surface area contributed by atoms with E-state index in [1.807, 2.05) is 37.3 Å².